The summed E-state index contributed by atoms with van der Waals surface area (Å²) < 4.78 is 29.4. The van der Waals surface area contributed by atoms with Gasteiger partial charge in [-0.15, -0.1) is 0 Å². The van der Waals surface area contributed by atoms with Gasteiger partial charge >= 0.3 is 17.9 Å². The number of benzene rings is 1. The molecule has 0 radical (unpaired) electrons. The fraction of sp³-hybridized carbons (Fsp3) is 0.500. The van der Waals surface area contributed by atoms with Crippen LogP contribution in [0.15, 0.2) is 18.2 Å². The number of aliphatic hydroxyl groups is 2. The summed E-state index contributed by atoms with van der Waals surface area (Å²) in [5.41, 5.74) is 10.8. The number of carboxylic acids is 1. The van der Waals surface area contributed by atoms with Crippen LogP contribution < -0.4 is 32.4 Å². The van der Waals surface area contributed by atoms with Gasteiger partial charge in [0.1, 0.15) is 6.04 Å². The van der Waals surface area contributed by atoms with Crippen molar-refractivity contribution in [1.82, 2.24) is 16.0 Å². The Morgan fingerprint density at radius 1 is 1.26 bits per heavy atom. The van der Waals surface area contributed by atoms with Crippen LogP contribution in [0.3, 0.4) is 0 Å². The Bertz CT molecular complexity index is 1170. The number of alkyl halides is 2. The highest BCUT2D eigenvalue weighted by atomic mass is 19.3. The lowest BCUT2D eigenvalue weighted by atomic mass is 9.84. The van der Waals surface area contributed by atoms with Crippen LogP contribution in [0.25, 0.3) is 0 Å². The Kier molecular flexibility index (Phi) is 4.58. The lowest BCUT2D eigenvalue weighted by molar-refractivity contribution is -0.672. The van der Waals surface area contributed by atoms with Crippen molar-refractivity contribution in [3.05, 3.63) is 34.9 Å². The van der Waals surface area contributed by atoms with E-state index in [2.05, 4.69) is 20.9 Å². The molecule has 1 aromatic carbocycles. The normalized spacial score (nSPS) is 32.5. The van der Waals surface area contributed by atoms with Crippen molar-refractivity contribution in [2.75, 3.05) is 6.54 Å². The number of nitrogens with one attached hydrogen (secondary N) is 4. The van der Waals surface area contributed by atoms with Gasteiger partial charge in [-0.05, 0) is 23.6 Å². The molecule has 1 saturated heterocycles. The first-order valence-electron chi connectivity index (χ1n) is 10.7. The van der Waals surface area contributed by atoms with E-state index < -0.39 is 53.8 Å². The molecule has 0 aromatic heterocycles. The van der Waals surface area contributed by atoms with E-state index >= 15 is 0 Å². The molecule has 1 amide bonds. The number of nitrogens with two attached hydrogens (primary N) is 2. The lowest BCUT2D eigenvalue weighted by Crippen LogP contribution is -2.92. The minimum Gasteiger partial charge on any atom is -0.479 e. The van der Waals surface area contributed by atoms with E-state index in [-0.39, 0.29) is 42.4 Å². The van der Waals surface area contributed by atoms with Crippen LogP contribution in [-0.4, -0.2) is 85.7 Å². The smallest absolute Gasteiger partial charge is 0.347 e. The average molecular weight is 481 g/mol. The molecule has 12 nitrogen and oxygen atoms in total. The van der Waals surface area contributed by atoms with Gasteiger partial charge in [0.15, 0.2) is 6.04 Å². The Labute approximate surface area is 191 Å². The third kappa shape index (κ3) is 2.94. The van der Waals surface area contributed by atoms with Crippen LogP contribution in [0.5, 0.6) is 0 Å². The van der Waals surface area contributed by atoms with E-state index in [0.717, 1.165) is 0 Å². The van der Waals surface area contributed by atoms with Gasteiger partial charge in [-0.1, -0.05) is 12.1 Å². The molecular weight excluding hydrogens is 456 g/mol. The number of amides is 1. The SMILES string of the molecule is NC1=[NH+][C@H]2C(C(=O)O)NC(N)=[N+]3C[C@H](NC(=O)c4cccc5c4CC(F)(F)CC5)C(O)(O)[C@]23N1. The molecule has 0 saturated carbocycles. The number of halogens is 2. The molecule has 1 spiro atoms. The van der Waals surface area contributed by atoms with Crippen LogP contribution in [0.4, 0.5) is 8.78 Å². The van der Waals surface area contributed by atoms with E-state index in [9.17, 15) is 33.7 Å². The first kappa shape index (κ1) is 22.3. The molecule has 1 unspecified atom stereocenters. The number of carbonyl (C=O) groups excluding carboxylic acids is 1. The van der Waals surface area contributed by atoms with E-state index in [1.54, 1.807) is 12.1 Å². The Balaban J connectivity index is 1.50. The molecule has 182 valence electrons. The fourth-order valence-corrected chi connectivity index (χ4v) is 5.54. The maximum Gasteiger partial charge on any atom is 0.347 e. The third-order valence-electron chi connectivity index (χ3n) is 7.14. The van der Waals surface area contributed by atoms with E-state index in [0.29, 0.717) is 5.56 Å². The number of nitrogens with zero attached hydrogens (tertiary/aromatic N) is 1. The van der Waals surface area contributed by atoms with Crippen molar-refractivity contribution in [2.24, 2.45) is 11.5 Å². The van der Waals surface area contributed by atoms with E-state index in [4.69, 9.17) is 11.5 Å². The second-order valence-electron chi connectivity index (χ2n) is 9.11. The van der Waals surface area contributed by atoms with Gasteiger partial charge in [0, 0.05) is 18.4 Å². The van der Waals surface area contributed by atoms with E-state index in [1.807, 2.05) is 0 Å². The molecule has 0 bridgehead atoms. The topological polar surface area (TPSA) is 200 Å². The molecule has 5 rings (SSSR count). The maximum atomic E-state index is 14.1. The number of guanidine groups is 2. The molecule has 1 fully saturated rings. The van der Waals surface area contributed by atoms with Gasteiger partial charge in [0.2, 0.25) is 6.04 Å². The average Bonchev–Trinajstić information content (AvgIpc) is 3.21. The minimum atomic E-state index is -2.95. The van der Waals surface area contributed by atoms with Gasteiger partial charge in [-0.25, -0.2) is 23.5 Å². The van der Waals surface area contributed by atoms with Crippen molar-refractivity contribution in [1.29, 1.82) is 0 Å². The number of aryl methyl sites for hydroxylation is 1. The molecule has 11 N–H and O–H groups in total. The zero-order chi connectivity index (χ0) is 24.6. The zero-order valence-corrected chi connectivity index (χ0v) is 17.8. The number of carbonyl (C=O) groups is 2. The van der Waals surface area contributed by atoms with Crippen molar-refractivity contribution in [2.45, 2.75) is 54.8 Å². The second-order valence-corrected chi connectivity index (χ2v) is 9.11. The monoisotopic (exact) mass is 481 g/mol. The molecule has 3 heterocycles. The van der Waals surface area contributed by atoms with Gasteiger partial charge in [-0.3, -0.25) is 26.6 Å². The molecule has 14 heteroatoms. The van der Waals surface area contributed by atoms with Gasteiger partial charge in [0.25, 0.3) is 23.3 Å². The predicted octanol–water partition coefficient (Wildman–Crippen LogP) is -4.95. The second kappa shape index (κ2) is 6.99. The summed E-state index contributed by atoms with van der Waals surface area (Å²) in [6, 6.07) is 0.692. The van der Waals surface area contributed by atoms with E-state index in [1.165, 1.54) is 10.6 Å². The number of aliphatic carboxylic acids is 1. The summed E-state index contributed by atoms with van der Waals surface area (Å²) >= 11 is 0. The maximum absolute atomic E-state index is 14.1. The highest BCUT2D eigenvalue weighted by Gasteiger charge is 2.79. The summed E-state index contributed by atoms with van der Waals surface area (Å²) in [6.45, 7) is -0.243. The van der Waals surface area contributed by atoms with Crippen molar-refractivity contribution in [3.8, 4) is 0 Å². The van der Waals surface area contributed by atoms with Crippen LogP contribution in [0, 0.1) is 0 Å². The molecule has 4 atom stereocenters. The van der Waals surface area contributed by atoms with Crippen molar-refractivity contribution >= 4 is 23.8 Å². The molecule has 4 aliphatic rings. The largest absolute Gasteiger partial charge is 0.479 e. The van der Waals surface area contributed by atoms with Crippen LogP contribution in [-0.2, 0) is 17.6 Å². The van der Waals surface area contributed by atoms with Crippen LogP contribution in [0.2, 0.25) is 0 Å². The van der Waals surface area contributed by atoms with Crippen molar-refractivity contribution in [3.63, 3.8) is 0 Å². The molecule has 34 heavy (non-hydrogen) atoms. The summed E-state index contributed by atoms with van der Waals surface area (Å²) in [5.74, 6) is -8.11. The Hall–Kier alpha value is -3.52. The lowest BCUT2D eigenvalue weighted by Gasteiger charge is -2.40. The van der Waals surface area contributed by atoms with Crippen molar-refractivity contribution < 1.29 is 43.3 Å². The number of carboxylic acid groups (broad SMARTS) is 1. The van der Waals surface area contributed by atoms with Gasteiger partial charge in [0.05, 0.1) is 6.54 Å². The number of hydrogen-bond donors (Lipinski definition) is 9. The van der Waals surface area contributed by atoms with Gasteiger partial charge in [-0.2, -0.15) is 0 Å². The highest BCUT2D eigenvalue weighted by molar-refractivity contribution is 5.96. The first-order valence-corrected chi connectivity index (χ1v) is 10.7. The zero-order valence-electron chi connectivity index (χ0n) is 17.8. The fourth-order valence-electron chi connectivity index (χ4n) is 5.54. The third-order valence-corrected chi connectivity index (χ3v) is 7.14. The summed E-state index contributed by atoms with van der Waals surface area (Å²) in [7, 11) is 0. The summed E-state index contributed by atoms with van der Waals surface area (Å²) in [5, 5.41) is 40.0. The molecular formula is C20H25F2N7O5+2. The summed E-state index contributed by atoms with van der Waals surface area (Å²) in [4.78, 5) is 27.7. The molecule has 3 aliphatic heterocycles. The summed E-state index contributed by atoms with van der Waals surface area (Å²) in [6.07, 6.45) is -0.791. The predicted molar refractivity (Wildman–Crippen MR) is 111 cm³/mol. The number of rotatable bonds is 3. The highest BCUT2D eigenvalue weighted by Crippen LogP contribution is 2.38. The minimum absolute atomic E-state index is 0.00803. The van der Waals surface area contributed by atoms with Crippen LogP contribution >= 0.6 is 0 Å². The quantitative estimate of drug-likeness (QED) is 0.150. The number of hydrogen-bond acceptors (Lipinski definition) is 8. The Morgan fingerprint density at radius 3 is 2.71 bits per heavy atom. The first-order chi connectivity index (χ1) is 15.9. The molecule has 1 aromatic rings. The molecule has 1 aliphatic carbocycles. The standard InChI is InChI=1S/C20H23F2N7O5/c21-18(22)5-4-8-2-1-3-9(10(8)6-18)14(30)25-11-7-29-17(24)26-12(15(31)32)13-19(29,20(11,33)34)28-16(23)27-13/h1-3,11-13,33-34H,4-7H2,(H7,23,24,25,26,27,28,30,31,32)/p+2/t11-,12?,13-,19-/m0/s1. The van der Waals surface area contributed by atoms with Gasteiger partial charge < -0.3 is 20.6 Å². The van der Waals surface area contributed by atoms with Crippen LogP contribution in [0.1, 0.15) is 27.9 Å². The number of fused-ring (bicyclic) bond motifs is 1. The Morgan fingerprint density at radius 2 is 2.00 bits per heavy atom.